The van der Waals surface area contributed by atoms with Crippen molar-refractivity contribution < 1.29 is 9.53 Å². The van der Waals surface area contributed by atoms with Crippen molar-refractivity contribution >= 4 is 11.6 Å². The maximum absolute atomic E-state index is 12.7. The van der Waals surface area contributed by atoms with Gasteiger partial charge in [0.1, 0.15) is 17.6 Å². The number of nitrogens with zero attached hydrogens (tertiary/aromatic N) is 2. The van der Waals surface area contributed by atoms with E-state index in [1.807, 2.05) is 77.6 Å². The third-order valence-corrected chi connectivity index (χ3v) is 5.40. The molecule has 31 heavy (non-hydrogen) atoms. The fourth-order valence-electron chi connectivity index (χ4n) is 3.91. The highest BCUT2D eigenvalue weighted by molar-refractivity contribution is 6.01. The topological polar surface area (TPSA) is 68.2 Å². The molecule has 4 aromatic rings. The first kappa shape index (κ1) is 18.9. The maximum atomic E-state index is 12.7. The van der Waals surface area contributed by atoms with Gasteiger partial charge in [-0.2, -0.15) is 5.10 Å². The number of ether oxygens (including phenoxy) is 1. The van der Waals surface area contributed by atoms with Crippen LogP contribution in [0.1, 0.15) is 27.7 Å². The Morgan fingerprint density at radius 3 is 2.42 bits per heavy atom. The van der Waals surface area contributed by atoms with Gasteiger partial charge in [-0.05, 0) is 29.8 Å². The molecular weight excluding hydrogens is 388 g/mol. The van der Waals surface area contributed by atoms with Crippen molar-refractivity contribution in [1.29, 1.82) is 0 Å². The van der Waals surface area contributed by atoms with Crippen LogP contribution >= 0.6 is 0 Å². The van der Waals surface area contributed by atoms with Crippen LogP contribution in [-0.2, 0) is 6.54 Å². The first-order valence-corrected chi connectivity index (χ1v) is 10.1. The maximum Gasteiger partial charge on any atom is 0.255 e. The normalized spacial score (nSPS) is 15.0. The molecule has 0 aliphatic carbocycles. The highest BCUT2D eigenvalue weighted by Crippen LogP contribution is 2.36. The summed E-state index contributed by atoms with van der Waals surface area (Å²) in [4.78, 5) is 12.7. The molecule has 2 N–H and O–H groups in total. The molecule has 1 amide bonds. The van der Waals surface area contributed by atoms with Gasteiger partial charge < -0.3 is 15.4 Å². The van der Waals surface area contributed by atoms with E-state index in [0.29, 0.717) is 12.1 Å². The zero-order valence-electron chi connectivity index (χ0n) is 17.1. The van der Waals surface area contributed by atoms with Gasteiger partial charge in [0.2, 0.25) is 0 Å². The minimum absolute atomic E-state index is 0.110. The van der Waals surface area contributed by atoms with Crippen LogP contribution in [0, 0.1) is 0 Å². The number of hydrogen-bond donors (Lipinski definition) is 2. The zero-order chi connectivity index (χ0) is 21.2. The van der Waals surface area contributed by atoms with Gasteiger partial charge in [0.25, 0.3) is 5.91 Å². The second kappa shape index (κ2) is 7.99. The number of carbonyl (C=O) groups excluding carboxylic acids is 1. The SMILES string of the molecule is COc1ccccc1-c1nn(Cc2ccccc2)cc1[C@H]1NC(=O)c2ccccc2N1. The Balaban J connectivity index is 1.59. The van der Waals surface area contributed by atoms with Crippen LogP contribution < -0.4 is 15.4 Å². The van der Waals surface area contributed by atoms with Crippen LogP contribution in [0.2, 0.25) is 0 Å². The Kier molecular flexibility index (Phi) is 4.88. The molecule has 5 rings (SSSR count). The lowest BCUT2D eigenvalue weighted by atomic mass is 10.0. The molecule has 0 bridgehead atoms. The Labute approximate surface area is 180 Å². The van der Waals surface area contributed by atoms with Crippen molar-refractivity contribution in [2.24, 2.45) is 0 Å². The molecule has 1 atom stereocenters. The van der Waals surface area contributed by atoms with Crippen molar-refractivity contribution in [1.82, 2.24) is 15.1 Å². The average Bonchev–Trinajstić information content (AvgIpc) is 3.23. The summed E-state index contributed by atoms with van der Waals surface area (Å²) in [6, 6.07) is 25.5. The minimum Gasteiger partial charge on any atom is -0.496 e. The van der Waals surface area contributed by atoms with Crippen molar-refractivity contribution in [3.63, 3.8) is 0 Å². The van der Waals surface area contributed by atoms with E-state index in [1.165, 1.54) is 0 Å². The largest absolute Gasteiger partial charge is 0.496 e. The number of carbonyl (C=O) groups is 1. The predicted octanol–water partition coefficient (Wildman–Crippen LogP) is 4.46. The predicted molar refractivity (Wildman–Crippen MR) is 120 cm³/mol. The summed E-state index contributed by atoms with van der Waals surface area (Å²) in [6.45, 7) is 0.625. The molecule has 154 valence electrons. The lowest BCUT2D eigenvalue weighted by molar-refractivity contribution is 0.0936. The standard InChI is InChI=1S/C25H22N4O2/c1-31-22-14-8-6-12-19(22)23-20(16-29(28-23)15-17-9-3-2-4-10-17)24-26-21-13-7-5-11-18(21)25(30)27-24/h2-14,16,24,26H,15H2,1H3,(H,27,30)/t24-/m1/s1. The van der Waals surface area contributed by atoms with Crippen LogP contribution in [0.3, 0.4) is 0 Å². The summed E-state index contributed by atoms with van der Waals surface area (Å²) >= 11 is 0. The highest BCUT2D eigenvalue weighted by atomic mass is 16.5. The molecule has 0 saturated carbocycles. The lowest BCUT2D eigenvalue weighted by Gasteiger charge is -2.28. The summed E-state index contributed by atoms with van der Waals surface area (Å²) in [5.74, 6) is 0.623. The van der Waals surface area contributed by atoms with E-state index < -0.39 is 6.17 Å². The van der Waals surface area contributed by atoms with E-state index in [4.69, 9.17) is 9.84 Å². The Morgan fingerprint density at radius 1 is 0.903 bits per heavy atom. The van der Waals surface area contributed by atoms with Crippen molar-refractivity contribution in [2.45, 2.75) is 12.7 Å². The van der Waals surface area contributed by atoms with Gasteiger partial charge in [0.05, 0.1) is 19.2 Å². The van der Waals surface area contributed by atoms with Gasteiger partial charge in [0.15, 0.2) is 0 Å². The number of hydrogen-bond acceptors (Lipinski definition) is 4. The molecule has 2 heterocycles. The number of anilines is 1. The van der Waals surface area contributed by atoms with E-state index >= 15 is 0 Å². The van der Waals surface area contributed by atoms with Crippen molar-refractivity contribution in [2.75, 3.05) is 12.4 Å². The first-order chi connectivity index (χ1) is 15.2. The molecule has 1 aliphatic rings. The Morgan fingerprint density at radius 2 is 1.61 bits per heavy atom. The number of para-hydroxylation sites is 2. The summed E-state index contributed by atoms with van der Waals surface area (Å²) < 4.78 is 7.49. The Hall–Kier alpha value is -4.06. The second-order valence-corrected chi connectivity index (χ2v) is 7.41. The van der Waals surface area contributed by atoms with E-state index in [2.05, 4.69) is 22.8 Å². The van der Waals surface area contributed by atoms with E-state index in [0.717, 1.165) is 33.8 Å². The van der Waals surface area contributed by atoms with Crippen LogP contribution in [0.25, 0.3) is 11.3 Å². The lowest BCUT2D eigenvalue weighted by Crippen LogP contribution is -2.38. The Bertz CT molecular complexity index is 1230. The number of methoxy groups -OCH3 is 1. The van der Waals surface area contributed by atoms with Crippen LogP contribution in [0.5, 0.6) is 5.75 Å². The molecular formula is C25H22N4O2. The van der Waals surface area contributed by atoms with Gasteiger partial charge in [-0.15, -0.1) is 0 Å². The van der Waals surface area contributed by atoms with Gasteiger partial charge in [0, 0.05) is 23.0 Å². The van der Waals surface area contributed by atoms with Gasteiger partial charge in [-0.1, -0.05) is 54.6 Å². The summed E-state index contributed by atoms with van der Waals surface area (Å²) in [6.07, 6.45) is 1.58. The van der Waals surface area contributed by atoms with Gasteiger partial charge in [-0.25, -0.2) is 0 Å². The molecule has 1 aromatic heterocycles. The molecule has 0 spiro atoms. The number of nitrogens with one attached hydrogen (secondary N) is 2. The molecule has 1 aliphatic heterocycles. The van der Waals surface area contributed by atoms with Crippen LogP contribution in [0.4, 0.5) is 5.69 Å². The summed E-state index contributed by atoms with van der Waals surface area (Å²) in [5.41, 5.74) is 5.11. The molecule has 0 saturated heterocycles. The monoisotopic (exact) mass is 410 g/mol. The highest BCUT2D eigenvalue weighted by Gasteiger charge is 2.29. The third-order valence-electron chi connectivity index (χ3n) is 5.40. The minimum atomic E-state index is -0.410. The number of aromatic nitrogens is 2. The van der Waals surface area contributed by atoms with Crippen LogP contribution in [-0.4, -0.2) is 22.8 Å². The van der Waals surface area contributed by atoms with Crippen molar-refractivity contribution in [3.8, 4) is 17.0 Å². The smallest absolute Gasteiger partial charge is 0.255 e. The first-order valence-electron chi connectivity index (χ1n) is 10.1. The van der Waals surface area contributed by atoms with E-state index in [9.17, 15) is 4.79 Å². The van der Waals surface area contributed by atoms with Crippen LogP contribution in [0.15, 0.2) is 85.1 Å². The molecule has 3 aromatic carbocycles. The number of benzene rings is 3. The molecule has 6 nitrogen and oxygen atoms in total. The fourth-order valence-corrected chi connectivity index (χ4v) is 3.91. The zero-order valence-corrected chi connectivity index (χ0v) is 17.1. The van der Waals surface area contributed by atoms with E-state index in [-0.39, 0.29) is 5.91 Å². The molecule has 0 unspecified atom stereocenters. The van der Waals surface area contributed by atoms with Crippen molar-refractivity contribution in [3.05, 3.63) is 102 Å². The molecule has 0 radical (unpaired) electrons. The molecule has 0 fully saturated rings. The van der Waals surface area contributed by atoms with Gasteiger partial charge in [-0.3, -0.25) is 9.48 Å². The quantitative estimate of drug-likeness (QED) is 0.510. The second-order valence-electron chi connectivity index (χ2n) is 7.41. The molecule has 6 heteroatoms. The third kappa shape index (κ3) is 3.64. The number of amides is 1. The average molecular weight is 410 g/mol. The fraction of sp³-hybridized carbons (Fsp3) is 0.120. The van der Waals surface area contributed by atoms with Gasteiger partial charge >= 0.3 is 0 Å². The summed E-state index contributed by atoms with van der Waals surface area (Å²) in [7, 11) is 1.65. The number of rotatable bonds is 5. The number of fused-ring (bicyclic) bond motifs is 1. The van der Waals surface area contributed by atoms with E-state index in [1.54, 1.807) is 7.11 Å². The summed E-state index contributed by atoms with van der Waals surface area (Å²) in [5, 5.41) is 11.4.